The zero-order valence-electron chi connectivity index (χ0n) is 10.8. The maximum Gasteiger partial charge on any atom is 0.157 e. The van der Waals surface area contributed by atoms with Crippen molar-refractivity contribution in [3.63, 3.8) is 0 Å². The Kier molecular flexibility index (Phi) is 3.74. The van der Waals surface area contributed by atoms with Crippen molar-refractivity contribution in [2.75, 3.05) is 6.61 Å². The maximum atomic E-state index is 5.86. The first-order chi connectivity index (χ1) is 8.13. The van der Waals surface area contributed by atoms with Gasteiger partial charge in [0.15, 0.2) is 5.82 Å². The number of hydrogen-bond donors (Lipinski definition) is 1. The van der Waals surface area contributed by atoms with E-state index in [0.29, 0.717) is 12.5 Å². The Morgan fingerprint density at radius 3 is 2.71 bits per heavy atom. The van der Waals surface area contributed by atoms with Gasteiger partial charge in [0.05, 0.1) is 0 Å². The van der Waals surface area contributed by atoms with Gasteiger partial charge in [-0.3, -0.25) is 0 Å². The molecule has 2 atom stereocenters. The average Bonchev–Trinajstić information content (AvgIpc) is 3.09. The highest BCUT2D eigenvalue weighted by atomic mass is 16.5. The average molecular weight is 235 g/mol. The Balaban J connectivity index is 2.22. The molecule has 1 aliphatic carbocycles. The number of nitrogens with two attached hydrogens (primary N) is 1. The second-order valence-electron chi connectivity index (χ2n) is 4.77. The van der Waals surface area contributed by atoms with Crippen LogP contribution in [0.1, 0.15) is 55.9 Å². The molecule has 2 unspecified atom stereocenters. The lowest BCUT2D eigenvalue weighted by Crippen LogP contribution is -2.15. The molecule has 0 aliphatic heterocycles. The van der Waals surface area contributed by atoms with Crippen LogP contribution < -0.4 is 5.73 Å². The third kappa shape index (κ3) is 2.82. The van der Waals surface area contributed by atoms with Crippen LogP contribution in [0.25, 0.3) is 0 Å². The smallest absolute Gasteiger partial charge is 0.157 e. The van der Waals surface area contributed by atoms with Gasteiger partial charge in [0, 0.05) is 30.1 Å². The molecule has 0 bridgehead atoms. The summed E-state index contributed by atoms with van der Waals surface area (Å²) in [5.74, 6) is 1.42. The second kappa shape index (κ2) is 5.10. The van der Waals surface area contributed by atoms with E-state index in [-0.39, 0.29) is 12.1 Å². The molecule has 0 aromatic carbocycles. The molecular formula is C13H21N3O. The third-order valence-electron chi connectivity index (χ3n) is 3.18. The van der Waals surface area contributed by atoms with E-state index in [1.54, 1.807) is 0 Å². The first-order valence-corrected chi connectivity index (χ1v) is 6.34. The first-order valence-electron chi connectivity index (χ1n) is 6.34. The summed E-state index contributed by atoms with van der Waals surface area (Å²) in [7, 11) is 0. The molecule has 2 N–H and O–H groups in total. The highest BCUT2D eigenvalue weighted by molar-refractivity contribution is 5.20. The molecule has 0 radical (unpaired) electrons. The SMILES string of the molecule is CCOC(c1ncc(C(C)N)c(C)n1)C1CC1. The van der Waals surface area contributed by atoms with Gasteiger partial charge in [-0.25, -0.2) is 9.97 Å². The molecule has 0 spiro atoms. The van der Waals surface area contributed by atoms with Crippen LogP contribution in [0.15, 0.2) is 6.20 Å². The maximum absolute atomic E-state index is 5.86. The fourth-order valence-electron chi connectivity index (χ4n) is 2.08. The molecule has 4 nitrogen and oxygen atoms in total. The van der Waals surface area contributed by atoms with Gasteiger partial charge in [-0.2, -0.15) is 0 Å². The van der Waals surface area contributed by atoms with E-state index in [1.807, 2.05) is 27.0 Å². The molecule has 0 saturated heterocycles. The minimum absolute atomic E-state index is 0.0180. The predicted molar refractivity (Wildman–Crippen MR) is 66.5 cm³/mol. The summed E-state index contributed by atoms with van der Waals surface area (Å²) in [5, 5.41) is 0. The van der Waals surface area contributed by atoms with Crippen LogP contribution in [0, 0.1) is 12.8 Å². The summed E-state index contributed by atoms with van der Waals surface area (Å²) in [6, 6.07) is -0.0180. The van der Waals surface area contributed by atoms with E-state index in [2.05, 4.69) is 9.97 Å². The third-order valence-corrected chi connectivity index (χ3v) is 3.18. The van der Waals surface area contributed by atoms with Crippen LogP contribution in [0.3, 0.4) is 0 Å². The van der Waals surface area contributed by atoms with Crippen molar-refractivity contribution in [3.05, 3.63) is 23.3 Å². The molecule has 1 saturated carbocycles. The van der Waals surface area contributed by atoms with Crippen LogP contribution >= 0.6 is 0 Å². The second-order valence-corrected chi connectivity index (χ2v) is 4.77. The van der Waals surface area contributed by atoms with Crippen molar-refractivity contribution in [2.45, 2.75) is 45.8 Å². The van der Waals surface area contributed by atoms with E-state index in [4.69, 9.17) is 10.5 Å². The van der Waals surface area contributed by atoms with E-state index < -0.39 is 0 Å². The number of hydrogen-bond acceptors (Lipinski definition) is 4. The summed E-state index contributed by atoms with van der Waals surface area (Å²) >= 11 is 0. The van der Waals surface area contributed by atoms with Crippen LogP contribution in [0.5, 0.6) is 0 Å². The Bertz CT molecular complexity index is 388. The molecule has 1 heterocycles. The van der Waals surface area contributed by atoms with Crippen LogP contribution in [0.4, 0.5) is 0 Å². The number of ether oxygens (including phenoxy) is 1. The van der Waals surface area contributed by atoms with Crippen LogP contribution in [-0.2, 0) is 4.74 Å². The van der Waals surface area contributed by atoms with Crippen LogP contribution in [-0.4, -0.2) is 16.6 Å². The van der Waals surface area contributed by atoms with Gasteiger partial charge in [0.2, 0.25) is 0 Å². The number of rotatable bonds is 5. The number of aryl methyl sites for hydroxylation is 1. The van der Waals surface area contributed by atoms with E-state index in [1.165, 1.54) is 12.8 Å². The predicted octanol–water partition coefficient (Wildman–Crippen LogP) is 2.29. The minimum Gasteiger partial charge on any atom is -0.370 e. The monoisotopic (exact) mass is 235 g/mol. The molecule has 0 amide bonds. The molecule has 17 heavy (non-hydrogen) atoms. The molecule has 1 fully saturated rings. The molecule has 1 aromatic rings. The Hall–Kier alpha value is -1.00. The van der Waals surface area contributed by atoms with E-state index >= 15 is 0 Å². The van der Waals surface area contributed by atoms with Crippen molar-refractivity contribution in [1.82, 2.24) is 9.97 Å². The largest absolute Gasteiger partial charge is 0.370 e. The summed E-state index contributed by atoms with van der Waals surface area (Å²) in [6.45, 7) is 6.66. The van der Waals surface area contributed by atoms with Crippen molar-refractivity contribution in [3.8, 4) is 0 Å². The first kappa shape index (κ1) is 12.5. The molecular weight excluding hydrogens is 214 g/mol. The Morgan fingerprint density at radius 1 is 1.53 bits per heavy atom. The van der Waals surface area contributed by atoms with Gasteiger partial charge in [-0.05, 0) is 39.5 Å². The highest BCUT2D eigenvalue weighted by Crippen LogP contribution is 2.42. The Morgan fingerprint density at radius 2 is 2.24 bits per heavy atom. The fourth-order valence-corrected chi connectivity index (χ4v) is 2.08. The lowest BCUT2D eigenvalue weighted by atomic mass is 10.1. The molecule has 1 aromatic heterocycles. The zero-order valence-corrected chi connectivity index (χ0v) is 10.8. The van der Waals surface area contributed by atoms with Crippen molar-refractivity contribution in [2.24, 2.45) is 11.7 Å². The normalized spacial score (nSPS) is 19.1. The van der Waals surface area contributed by atoms with Crippen molar-refractivity contribution in [1.29, 1.82) is 0 Å². The highest BCUT2D eigenvalue weighted by Gasteiger charge is 2.35. The summed E-state index contributed by atoms with van der Waals surface area (Å²) in [5.41, 5.74) is 7.84. The Labute approximate surface area is 103 Å². The van der Waals surface area contributed by atoms with Crippen LogP contribution in [0.2, 0.25) is 0 Å². The van der Waals surface area contributed by atoms with Gasteiger partial charge in [0.1, 0.15) is 6.10 Å². The van der Waals surface area contributed by atoms with Gasteiger partial charge in [0.25, 0.3) is 0 Å². The molecule has 94 valence electrons. The van der Waals surface area contributed by atoms with Gasteiger partial charge < -0.3 is 10.5 Å². The topological polar surface area (TPSA) is 61.0 Å². The van der Waals surface area contributed by atoms with Gasteiger partial charge in [-0.1, -0.05) is 0 Å². The van der Waals surface area contributed by atoms with Crippen molar-refractivity contribution < 1.29 is 4.74 Å². The zero-order chi connectivity index (χ0) is 12.4. The molecule has 2 rings (SSSR count). The van der Waals surface area contributed by atoms with Crippen molar-refractivity contribution >= 4 is 0 Å². The number of nitrogens with zero attached hydrogens (tertiary/aromatic N) is 2. The summed E-state index contributed by atoms with van der Waals surface area (Å²) in [4.78, 5) is 8.98. The minimum atomic E-state index is -0.0180. The lowest BCUT2D eigenvalue weighted by molar-refractivity contribution is 0.0398. The lowest BCUT2D eigenvalue weighted by Gasteiger charge is -2.17. The van der Waals surface area contributed by atoms with Gasteiger partial charge in [-0.15, -0.1) is 0 Å². The summed E-state index contributed by atoms with van der Waals surface area (Å²) < 4.78 is 5.75. The molecule has 1 aliphatic rings. The summed E-state index contributed by atoms with van der Waals surface area (Å²) in [6.07, 6.45) is 4.36. The fraction of sp³-hybridized carbons (Fsp3) is 0.692. The quantitative estimate of drug-likeness (QED) is 0.850. The van der Waals surface area contributed by atoms with Gasteiger partial charge >= 0.3 is 0 Å². The number of aromatic nitrogens is 2. The van der Waals surface area contributed by atoms with E-state index in [0.717, 1.165) is 17.1 Å². The molecule has 4 heteroatoms. The standard InChI is InChI=1S/C13H21N3O/c1-4-17-12(10-5-6-10)13-15-7-11(8(2)14)9(3)16-13/h7-8,10,12H,4-6,14H2,1-3H3. The van der Waals surface area contributed by atoms with E-state index in [9.17, 15) is 0 Å².